The maximum Gasteiger partial charge on any atom is 0.343 e. The molecule has 0 fully saturated rings. The molecule has 130 valence electrons. The Kier molecular flexibility index (Phi) is 5.51. The van der Waals surface area contributed by atoms with Gasteiger partial charge in [-0.25, -0.2) is 9.78 Å². The molecule has 1 aliphatic heterocycles. The summed E-state index contributed by atoms with van der Waals surface area (Å²) in [6.45, 7) is 2.18. The molecule has 1 unspecified atom stereocenters. The standard InChI is InChI=1S/C19H19NO5/c1-2-23-19(21)15-9-6-10-20-18(15)25-16(17-12-22-13-24-17)11-14-7-4-3-5-8-14/h3-10,12,16H,2,11,13H2,1H3. The molecule has 25 heavy (non-hydrogen) atoms. The number of hydrogen-bond donors (Lipinski definition) is 0. The van der Waals surface area contributed by atoms with Crippen molar-refractivity contribution in [2.75, 3.05) is 13.4 Å². The van der Waals surface area contributed by atoms with Crippen molar-refractivity contribution >= 4 is 5.97 Å². The van der Waals surface area contributed by atoms with Crippen molar-refractivity contribution in [3.8, 4) is 5.88 Å². The van der Waals surface area contributed by atoms with E-state index in [1.165, 1.54) is 6.26 Å². The molecule has 1 aliphatic rings. The highest BCUT2D eigenvalue weighted by Crippen LogP contribution is 2.24. The minimum Gasteiger partial charge on any atom is -0.465 e. The lowest BCUT2D eigenvalue weighted by atomic mass is 10.1. The molecule has 2 heterocycles. The molecule has 0 bridgehead atoms. The second-order valence-corrected chi connectivity index (χ2v) is 5.32. The van der Waals surface area contributed by atoms with E-state index >= 15 is 0 Å². The number of hydrogen-bond acceptors (Lipinski definition) is 6. The SMILES string of the molecule is CCOC(=O)c1cccnc1OC(Cc1ccccc1)C1=COCO1. The molecule has 1 aromatic carbocycles. The van der Waals surface area contributed by atoms with Crippen LogP contribution in [-0.4, -0.2) is 30.5 Å². The van der Waals surface area contributed by atoms with Gasteiger partial charge in [0.05, 0.1) is 6.61 Å². The lowest BCUT2D eigenvalue weighted by Gasteiger charge is -2.19. The molecule has 0 saturated heterocycles. The Hall–Kier alpha value is -3.02. The van der Waals surface area contributed by atoms with E-state index in [0.717, 1.165) is 5.56 Å². The van der Waals surface area contributed by atoms with E-state index in [9.17, 15) is 4.79 Å². The third-order valence-electron chi connectivity index (χ3n) is 3.59. The van der Waals surface area contributed by atoms with Crippen LogP contribution in [-0.2, 0) is 20.6 Å². The molecular formula is C19H19NO5. The molecule has 3 rings (SSSR count). The summed E-state index contributed by atoms with van der Waals surface area (Å²) in [5, 5.41) is 0. The molecule has 0 saturated carbocycles. The minimum absolute atomic E-state index is 0.150. The summed E-state index contributed by atoms with van der Waals surface area (Å²) in [5.74, 6) is 0.296. The Morgan fingerprint density at radius 2 is 2.08 bits per heavy atom. The number of esters is 1. The van der Waals surface area contributed by atoms with E-state index in [4.69, 9.17) is 18.9 Å². The van der Waals surface area contributed by atoms with E-state index in [0.29, 0.717) is 12.2 Å². The van der Waals surface area contributed by atoms with Crippen molar-refractivity contribution in [2.45, 2.75) is 19.4 Å². The molecule has 0 spiro atoms. The van der Waals surface area contributed by atoms with Gasteiger partial charge in [0.2, 0.25) is 12.7 Å². The topological polar surface area (TPSA) is 66.9 Å². The van der Waals surface area contributed by atoms with Crippen LogP contribution in [0, 0.1) is 0 Å². The Labute approximate surface area is 146 Å². The normalized spacial score (nSPS) is 14.0. The van der Waals surface area contributed by atoms with Crippen LogP contribution in [0.3, 0.4) is 0 Å². The van der Waals surface area contributed by atoms with Crippen LogP contribution >= 0.6 is 0 Å². The minimum atomic E-state index is -0.471. The Morgan fingerprint density at radius 1 is 1.24 bits per heavy atom. The fourth-order valence-electron chi connectivity index (χ4n) is 2.43. The van der Waals surface area contributed by atoms with Crippen LogP contribution in [0.4, 0.5) is 0 Å². The second-order valence-electron chi connectivity index (χ2n) is 5.32. The van der Waals surface area contributed by atoms with Gasteiger partial charge in [0, 0.05) is 12.6 Å². The van der Waals surface area contributed by atoms with Crippen LogP contribution in [0.1, 0.15) is 22.8 Å². The number of carbonyl (C=O) groups excluding carboxylic acids is 1. The second kappa shape index (κ2) is 8.19. The Balaban J connectivity index is 1.84. The number of nitrogens with zero attached hydrogens (tertiary/aromatic N) is 1. The van der Waals surface area contributed by atoms with E-state index < -0.39 is 12.1 Å². The number of carbonyl (C=O) groups is 1. The maximum absolute atomic E-state index is 12.1. The van der Waals surface area contributed by atoms with Crippen LogP contribution < -0.4 is 4.74 Å². The molecule has 0 N–H and O–H groups in total. The summed E-state index contributed by atoms with van der Waals surface area (Å²) in [5.41, 5.74) is 1.35. The van der Waals surface area contributed by atoms with Crippen LogP contribution in [0.15, 0.2) is 60.7 Å². The lowest BCUT2D eigenvalue weighted by molar-refractivity contribution is 0.0483. The largest absolute Gasteiger partial charge is 0.465 e. The van der Waals surface area contributed by atoms with E-state index in [1.807, 2.05) is 30.3 Å². The molecule has 6 nitrogen and oxygen atoms in total. The summed E-state index contributed by atoms with van der Waals surface area (Å²) in [7, 11) is 0. The summed E-state index contributed by atoms with van der Waals surface area (Å²) >= 11 is 0. The predicted molar refractivity (Wildman–Crippen MR) is 89.9 cm³/mol. The molecular weight excluding hydrogens is 322 g/mol. The van der Waals surface area contributed by atoms with Gasteiger partial charge < -0.3 is 18.9 Å². The van der Waals surface area contributed by atoms with Crippen LogP contribution in [0.2, 0.25) is 0 Å². The first-order valence-electron chi connectivity index (χ1n) is 8.05. The zero-order chi connectivity index (χ0) is 17.5. The first-order valence-corrected chi connectivity index (χ1v) is 8.05. The lowest BCUT2D eigenvalue weighted by Crippen LogP contribution is -2.24. The Bertz CT molecular complexity index is 744. The monoisotopic (exact) mass is 341 g/mol. The van der Waals surface area contributed by atoms with Crippen molar-refractivity contribution in [1.29, 1.82) is 0 Å². The average molecular weight is 341 g/mol. The molecule has 2 aromatic rings. The van der Waals surface area contributed by atoms with Gasteiger partial charge >= 0.3 is 5.97 Å². The molecule has 1 atom stereocenters. The number of pyridine rings is 1. The van der Waals surface area contributed by atoms with E-state index in [2.05, 4.69) is 4.98 Å². The highest BCUT2D eigenvalue weighted by Gasteiger charge is 2.25. The Morgan fingerprint density at radius 3 is 2.80 bits per heavy atom. The van der Waals surface area contributed by atoms with Gasteiger partial charge in [0.1, 0.15) is 11.8 Å². The number of ether oxygens (including phenoxy) is 4. The van der Waals surface area contributed by atoms with Crippen molar-refractivity contribution in [1.82, 2.24) is 4.98 Å². The third-order valence-corrected chi connectivity index (χ3v) is 3.59. The smallest absolute Gasteiger partial charge is 0.343 e. The van der Waals surface area contributed by atoms with Gasteiger partial charge in [-0.05, 0) is 24.6 Å². The summed E-state index contributed by atoms with van der Waals surface area (Å²) in [6, 6.07) is 13.1. The third kappa shape index (κ3) is 4.29. The first-order chi connectivity index (χ1) is 12.3. The van der Waals surface area contributed by atoms with Gasteiger partial charge in [-0.2, -0.15) is 0 Å². The summed E-state index contributed by atoms with van der Waals surface area (Å²) in [4.78, 5) is 16.3. The number of benzene rings is 1. The van der Waals surface area contributed by atoms with Gasteiger partial charge in [-0.3, -0.25) is 0 Å². The molecule has 0 aliphatic carbocycles. The molecule has 1 aromatic heterocycles. The van der Waals surface area contributed by atoms with Gasteiger partial charge in [0.15, 0.2) is 11.9 Å². The number of aromatic nitrogens is 1. The van der Waals surface area contributed by atoms with Crippen LogP contribution in [0.25, 0.3) is 0 Å². The summed E-state index contributed by atoms with van der Waals surface area (Å²) < 4.78 is 21.7. The van der Waals surface area contributed by atoms with Crippen molar-refractivity contribution in [3.05, 3.63) is 71.8 Å². The quantitative estimate of drug-likeness (QED) is 0.721. The predicted octanol–water partition coefficient (Wildman–Crippen LogP) is 3.09. The number of rotatable bonds is 7. The molecule has 0 amide bonds. The maximum atomic E-state index is 12.1. The fraction of sp³-hybridized carbons (Fsp3) is 0.263. The fourth-order valence-corrected chi connectivity index (χ4v) is 2.43. The van der Waals surface area contributed by atoms with Crippen LogP contribution in [0.5, 0.6) is 5.88 Å². The zero-order valence-electron chi connectivity index (χ0n) is 13.9. The highest BCUT2D eigenvalue weighted by molar-refractivity contribution is 5.91. The van der Waals surface area contributed by atoms with Gasteiger partial charge in [0.25, 0.3) is 0 Å². The summed E-state index contributed by atoms with van der Waals surface area (Å²) in [6.07, 6.45) is 3.18. The first kappa shape index (κ1) is 16.8. The van der Waals surface area contributed by atoms with Crippen molar-refractivity contribution in [2.24, 2.45) is 0 Å². The van der Waals surface area contributed by atoms with Gasteiger partial charge in [-0.1, -0.05) is 30.3 Å². The van der Waals surface area contributed by atoms with Crippen molar-refractivity contribution < 1.29 is 23.7 Å². The van der Waals surface area contributed by atoms with E-state index in [1.54, 1.807) is 25.3 Å². The van der Waals surface area contributed by atoms with Crippen molar-refractivity contribution in [3.63, 3.8) is 0 Å². The average Bonchev–Trinajstić information content (AvgIpc) is 3.17. The zero-order valence-corrected chi connectivity index (χ0v) is 13.9. The molecule has 0 radical (unpaired) electrons. The van der Waals surface area contributed by atoms with Gasteiger partial charge in [-0.15, -0.1) is 0 Å². The molecule has 6 heteroatoms. The highest BCUT2D eigenvalue weighted by atomic mass is 16.7. The van der Waals surface area contributed by atoms with E-state index in [-0.39, 0.29) is 24.8 Å².